The summed E-state index contributed by atoms with van der Waals surface area (Å²) in [5.74, 6) is 4.00. The highest BCUT2D eigenvalue weighted by Crippen LogP contribution is 2.34. The van der Waals surface area contributed by atoms with Crippen LogP contribution in [0.1, 0.15) is 10.4 Å². The van der Waals surface area contributed by atoms with E-state index in [-0.39, 0.29) is 27.0 Å². The number of anilines is 2. The lowest BCUT2D eigenvalue weighted by Crippen LogP contribution is -2.18. The molecular weight excluding hydrogens is 384 g/mol. The van der Waals surface area contributed by atoms with Crippen molar-refractivity contribution in [3.05, 3.63) is 56.2 Å². The van der Waals surface area contributed by atoms with Gasteiger partial charge in [0.25, 0.3) is 5.91 Å². The molecule has 0 bridgehead atoms. The Morgan fingerprint density at radius 2 is 1.81 bits per heavy atom. The average Bonchev–Trinajstić information content (AvgIpc) is 2.42. The first-order chi connectivity index (χ1) is 9.93. The molecular formula is C13H9BrCl2FN3O. The van der Waals surface area contributed by atoms with Crippen LogP contribution in [0.2, 0.25) is 10.0 Å². The van der Waals surface area contributed by atoms with Crippen molar-refractivity contribution >= 4 is 56.4 Å². The Kier molecular flexibility index (Phi) is 5.05. The summed E-state index contributed by atoms with van der Waals surface area (Å²) in [6.07, 6.45) is 0. The Balaban J connectivity index is 2.38. The van der Waals surface area contributed by atoms with E-state index < -0.39 is 11.7 Å². The first-order valence-corrected chi connectivity index (χ1v) is 7.20. The summed E-state index contributed by atoms with van der Waals surface area (Å²) >= 11 is 15.3. The number of hydrazine groups is 1. The molecule has 0 spiro atoms. The number of benzene rings is 2. The molecule has 1 amide bonds. The highest BCUT2D eigenvalue weighted by molar-refractivity contribution is 9.10. The Morgan fingerprint density at radius 3 is 2.38 bits per heavy atom. The molecule has 0 saturated heterocycles. The lowest BCUT2D eigenvalue weighted by Gasteiger charge is -2.12. The first-order valence-electron chi connectivity index (χ1n) is 5.65. The summed E-state index contributed by atoms with van der Waals surface area (Å²) in [7, 11) is 0. The van der Waals surface area contributed by atoms with Crippen LogP contribution < -0.4 is 16.6 Å². The molecule has 4 N–H and O–H groups in total. The van der Waals surface area contributed by atoms with E-state index in [2.05, 4.69) is 26.7 Å². The van der Waals surface area contributed by atoms with Crippen molar-refractivity contribution in [2.24, 2.45) is 5.84 Å². The average molecular weight is 393 g/mol. The van der Waals surface area contributed by atoms with Crippen molar-refractivity contribution in [1.82, 2.24) is 0 Å². The predicted molar refractivity (Wildman–Crippen MR) is 86.3 cm³/mol. The highest BCUT2D eigenvalue weighted by atomic mass is 79.9. The van der Waals surface area contributed by atoms with Gasteiger partial charge >= 0.3 is 0 Å². The van der Waals surface area contributed by atoms with Gasteiger partial charge in [0.05, 0.1) is 27.0 Å². The number of rotatable bonds is 3. The molecule has 0 aliphatic rings. The standard InChI is InChI=1S/C13H9BrCl2FN3O/c14-6-4-8(15)12(9(16)5-6)19-13(21)7-2-1-3-10(17)11(7)20-18/h1-5,20H,18H2,(H,19,21). The van der Waals surface area contributed by atoms with Gasteiger partial charge in [-0.15, -0.1) is 0 Å². The van der Waals surface area contributed by atoms with E-state index >= 15 is 0 Å². The molecule has 0 atom stereocenters. The largest absolute Gasteiger partial charge is 0.321 e. The minimum atomic E-state index is -0.641. The van der Waals surface area contributed by atoms with Crippen LogP contribution in [0.5, 0.6) is 0 Å². The summed E-state index contributed by atoms with van der Waals surface area (Å²) in [5, 5.41) is 3.04. The van der Waals surface area contributed by atoms with Gasteiger partial charge in [0.1, 0.15) is 5.82 Å². The number of halogens is 4. The van der Waals surface area contributed by atoms with E-state index in [0.29, 0.717) is 4.47 Å². The fourth-order valence-electron chi connectivity index (χ4n) is 1.70. The van der Waals surface area contributed by atoms with Gasteiger partial charge in [-0.1, -0.05) is 45.2 Å². The van der Waals surface area contributed by atoms with E-state index in [1.54, 1.807) is 12.1 Å². The van der Waals surface area contributed by atoms with Crippen LogP contribution >= 0.6 is 39.1 Å². The molecule has 21 heavy (non-hydrogen) atoms. The second kappa shape index (κ2) is 6.62. The Hall–Kier alpha value is -1.34. The zero-order chi connectivity index (χ0) is 15.6. The summed E-state index contributed by atoms with van der Waals surface area (Å²) in [4.78, 5) is 12.2. The van der Waals surface area contributed by atoms with Crippen LogP contribution in [-0.2, 0) is 0 Å². The van der Waals surface area contributed by atoms with Gasteiger partial charge in [-0.25, -0.2) is 4.39 Å². The van der Waals surface area contributed by atoms with Crippen molar-refractivity contribution in [1.29, 1.82) is 0 Å². The van der Waals surface area contributed by atoms with Gasteiger partial charge < -0.3 is 10.7 Å². The van der Waals surface area contributed by atoms with Gasteiger partial charge in [-0.05, 0) is 24.3 Å². The van der Waals surface area contributed by atoms with Crippen LogP contribution in [0.4, 0.5) is 15.8 Å². The number of nitrogens with one attached hydrogen (secondary N) is 2. The topological polar surface area (TPSA) is 67.1 Å². The van der Waals surface area contributed by atoms with Gasteiger partial charge in [-0.3, -0.25) is 10.6 Å². The molecule has 0 aliphatic heterocycles. The molecule has 0 radical (unpaired) electrons. The van der Waals surface area contributed by atoms with Crippen LogP contribution in [0.3, 0.4) is 0 Å². The van der Waals surface area contributed by atoms with Crippen molar-refractivity contribution in [3.63, 3.8) is 0 Å². The van der Waals surface area contributed by atoms with Crippen molar-refractivity contribution in [2.75, 3.05) is 10.7 Å². The molecule has 0 saturated carbocycles. The smallest absolute Gasteiger partial charge is 0.258 e. The molecule has 2 aromatic carbocycles. The number of hydrogen-bond acceptors (Lipinski definition) is 3. The maximum absolute atomic E-state index is 13.6. The Labute approximate surface area is 138 Å². The zero-order valence-corrected chi connectivity index (χ0v) is 13.5. The quantitative estimate of drug-likeness (QED) is 0.534. The zero-order valence-electron chi connectivity index (χ0n) is 10.4. The summed E-state index contributed by atoms with van der Waals surface area (Å²) in [5.41, 5.74) is 2.32. The van der Waals surface area contributed by atoms with Crippen LogP contribution in [0, 0.1) is 5.82 Å². The van der Waals surface area contributed by atoms with E-state index in [1.807, 2.05) is 0 Å². The van der Waals surface area contributed by atoms with E-state index in [9.17, 15) is 9.18 Å². The molecule has 0 unspecified atom stereocenters. The monoisotopic (exact) mass is 391 g/mol. The first kappa shape index (κ1) is 16.0. The minimum absolute atomic E-state index is 0.0348. The summed E-state index contributed by atoms with van der Waals surface area (Å²) in [6.45, 7) is 0. The third-order valence-electron chi connectivity index (χ3n) is 2.65. The number of hydrogen-bond donors (Lipinski definition) is 3. The number of nitrogens with two attached hydrogens (primary N) is 1. The van der Waals surface area contributed by atoms with Crippen molar-refractivity contribution < 1.29 is 9.18 Å². The van der Waals surface area contributed by atoms with E-state index in [1.165, 1.54) is 18.2 Å². The minimum Gasteiger partial charge on any atom is -0.321 e. The predicted octanol–water partition coefficient (Wildman–Crippen LogP) is 4.43. The maximum Gasteiger partial charge on any atom is 0.258 e. The molecule has 0 aromatic heterocycles. The lowest BCUT2D eigenvalue weighted by molar-refractivity contribution is 0.102. The van der Waals surface area contributed by atoms with Crippen molar-refractivity contribution in [2.45, 2.75) is 0 Å². The molecule has 2 aromatic rings. The number of amides is 1. The molecule has 0 aliphatic carbocycles. The normalized spacial score (nSPS) is 10.3. The number of carbonyl (C=O) groups is 1. The SMILES string of the molecule is NNc1c(F)cccc1C(=O)Nc1c(Cl)cc(Br)cc1Cl. The number of nitrogen functional groups attached to an aromatic ring is 1. The van der Waals surface area contributed by atoms with Crippen LogP contribution in [0.15, 0.2) is 34.8 Å². The Morgan fingerprint density at radius 1 is 1.19 bits per heavy atom. The summed E-state index contributed by atoms with van der Waals surface area (Å²) in [6, 6.07) is 7.17. The second-order valence-electron chi connectivity index (χ2n) is 4.01. The number of para-hydroxylation sites is 1. The van der Waals surface area contributed by atoms with E-state index in [0.717, 1.165) is 0 Å². The van der Waals surface area contributed by atoms with Crippen LogP contribution in [0.25, 0.3) is 0 Å². The summed E-state index contributed by atoms with van der Waals surface area (Å²) < 4.78 is 14.3. The molecule has 0 heterocycles. The van der Waals surface area contributed by atoms with Crippen molar-refractivity contribution in [3.8, 4) is 0 Å². The number of carbonyl (C=O) groups excluding carboxylic acids is 1. The highest BCUT2D eigenvalue weighted by Gasteiger charge is 2.17. The molecule has 2 rings (SSSR count). The van der Waals surface area contributed by atoms with Gasteiger partial charge in [-0.2, -0.15) is 0 Å². The van der Waals surface area contributed by atoms with Gasteiger partial charge in [0, 0.05) is 4.47 Å². The third-order valence-corrected chi connectivity index (χ3v) is 3.70. The molecule has 8 heteroatoms. The molecule has 110 valence electrons. The van der Waals surface area contributed by atoms with E-state index in [4.69, 9.17) is 29.0 Å². The fraction of sp³-hybridized carbons (Fsp3) is 0. The molecule has 4 nitrogen and oxygen atoms in total. The Bertz CT molecular complexity index is 689. The fourth-order valence-corrected chi connectivity index (χ4v) is 3.01. The van der Waals surface area contributed by atoms with Gasteiger partial charge in [0.2, 0.25) is 0 Å². The second-order valence-corrected chi connectivity index (χ2v) is 5.74. The maximum atomic E-state index is 13.6. The molecule has 0 fully saturated rings. The third kappa shape index (κ3) is 3.47. The van der Waals surface area contributed by atoms with Crippen LogP contribution in [-0.4, -0.2) is 5.91 Å². The van der Waals surface area contributed by atoms with Gasteiger partial charge in [0.15, 0.2) is 0 Å². The lowest BCUT2D eigenvalue weighted by atomic mass is 10.1.